The number of nitrogens with one attached hydrogen (secondary N) is 1. The SMILES string of the molecule is CC(C)C[C@H](CO)NC1CC2(CCN(C(=O)O)CC2)C1. The monoisotopic (exact) mass is 284 g/mol. The lowest BCUT2D eigenvalue weighted by Gasteiger charge is -2.52. The second-order valence-electron chi connectivity index (χ2n) is 7.05. The number of carboxylic acid groups (broad SMARTS) is 1. The second kappa shape index (κ2) is 6.31. The summed E-state index contributed by atoms with van der Waals surface area (Å²) in [5.74, 6) is 0.590. The zero-order chi connectivity index (χ0) is 14.8. The number of nitrogens with zero attached hydrogens (tertiary/aromatic N) is 1. The first-order valence-corrected chi connectivity index (χ1v) is 7.79. The molecule has 20 heavy (non-hydrogen) atoms. The van der Waals surface area contributed by atoms with Gasteiger partial charge in [-0.1, -0.05) is 13.8 Å². The Morgan fingerprint density at radius 1 is 1.35 bits per heavy atom. The normalized spacial score (nSPS) is 23.9. The average molecular weight is 284 g/mol. The molecule has 1 aliphatic carbocycles. The van der Waals surface area contributed by atoms with E-state index >= 15 is 0 Å². The molecule has 116 valence electrons. The van der Waals surface area contributed by atoms with Gasteiger partial charge in [0.1, 0.15) is 0 Å². The smallest absolute Gasteiger partial charge is 0.407 e. The zero-order valence-corrected chi connectivity index (χ0v) is 12.6. The summed E-state index contributed by atoms with van der Waals surface area (Å²) in [6.45, 7) is 5.91. The van der Waals surface area contributed by atoms with E-state index in [-0.39, 0.29) is 12.6 Å². The molecule has 1 saturated heterocycles. The van der Waals surface area contributed by atoms with E-state index in [1.54, 1.807) is 0 Å². The van der Waals surface area contributed by atoms with Gasteiger partial charge in [-0.25, -0.2) is 4.79 Å². The maximum absolute atomic E-state index is 10.9. The molecule has 0 aromatic heterocycles. The van der Waals surface area contributed by atoms with Crippen molar-refractivity contribution in [1.29, 1.82) is 0 Å². The first kappa shape index (κ1) is 15.6. The Labute approximate surface area is 121 Å². The van der Waals surface area contributed by atoms with Crippen LogP contribution in [0.5, 0.6) is 0 Å². The van der Waals surface area contributed by atoms with Gasteiger partial charge in [0.15, 0.2) is 0 Å². The lowest BCUT2D eigenvalue weighted by atomic mass is 9.60. The van der Waals surface area contributed by atoms with Crippen LogP contribution in [0.15, 0.2) is 0 Å². The molecule has 1 aliphatic heterocycles. The van der Waals surface area contributed by atoms with Crippen LogP contribution < -0.4 is 5.32 Å². The van der Waals surface area contributed by atoms with Crippen LogP contribution in [0.4, 0.5) is 4.79 Å². The fourth-order valence-corrected chi connectivity index (χ4v) is 3.78. The van der Waals surface area contributed by atoms with E-state index in [4.69, 9.17) is 5.11 Å². The van der Waals surface area contributed by atoms with E-state index in [1.807, 2.05) is 0 Å². The fourth-order valence-electron chi connectivity index (χ4n) is 3.78. The molecule has 0 bridgehead atoms. The van der Waals surface area contributed by atoms with E-state index in [0.29, 0.717) is 30.5 Å². The third kappa shape index (κ3) is 3.64. The number of amides is 1. The molecule has 2 aliphatic rings. The maximum Gasteiger partial charge on any atom is 0.407 e. The van der Waals surface area contributed by atoms with Crippen LogP contribution in [0.25, 0.3) is 0 Å². The third-order valence-electron chi connectivity index (χ3n) is 4.90. The lowest BCUT2D eigenvalue weighted by Crippen LogP contribution is -2.56. The van der Waals surface area contributed by atoms with Crippen molar-refractivity contribution in [3.8, 4) is 0 Å². The largest absolute Gasteiger partial charge is 0.465 e. The predicted molar refractivity (Wildman–Crippen MR) is 77.8 cm³/mol. The Balaban J connectivity index is 1.73. The summed E-state index contributed by atoms with van der Waals surface area (Å²) in [5.41, 5.74) is 0.363. The van der Waals surface area contributed by atoms with Gasteiger partial charge in [-0.2, -0.15) is 0 Å². The number of likely N-dealkylation sites (tertiary alicyclic amines) is 1. The molecule has 0 aromatic rings. The lowest BCUT2D eigenvalue weighted by molar-refractivity contribution is 0.00280. The highest BCUT2D eigenvalue weighted by molar-refractivity contribution is 5.65. The molecule has 1 spiro atoms. The van der Waals surface area contributed by atoms with Crippen LogP contribution in [0, 0.1) is 11.3 Å². The van der Waals surface area contributed by atoms with E-state index in [1.165, 1.54) is 4.90 Å². The van der Waals surface area contributed by atoms with Gasteiger partial charge in [0.2, 0.25) is 0 Å². The van der Waals surface area contributed by atoms with Gasteiger partial charge in [-0.05, 0) is 43.4 Å². The highest BCUT2D eigenvalue weighted by Gasteiger charge is 2.46. The van der Waals surface area contributed by atoms with Gasteiger partial charge < -0.3 is 20.4 Å². The van der Waals surface area contributed by atoms with Crippen LogP contribution in [-0.2, 0) is 0 Å². The minimum absolute atomic E-state index is 0.203. The topological polar surface area (TPSA) is 72.8 Å². The van der Waals surface area contributed by atoms with Gasteiger partial charge >= 0.3 is 6.09 Å². The molecule has 1 atom stereocenters. The van der Waals surface area contributed by atoms with Gasteiger partial charge in [-0.15, -0.1) is 0 Å². The molecule has 0 aromatic carbocycles. The summed E-state index contributed by atoms with van der Waals surface area (Å²) in [5, 5.41) is 21.9. The van der Waals surface area contributed by atoms with Crippen molar-refractivity contribution >= 4 is 6.09 Å². The summed E-state index contributed by atoms with van der Waals surface area (Å²) in [6.07, 6.45) is 4.47. The Kier molecular flexibility index (Phi) is 4.91. The van der Waals surface area contributed by atoms with Crippen molar-refractivity contribution in [3.05, 3.63) is 0 Å². The Morgan fingerprint density at radius 3 is 2.40 bits per heavy atom. The summed E-state index contributed by atoms with van der Waals surface area (Å²) in [7, 11) is 0. The van der Waals surface area contributed by atoms with Gasteiger partial charge in [-0.3, -0.25) is 0 Å². The third-order valence-corrected chi connectivity index (χ3v) is 4.90. The number of hydrogen-bond acceptors (Lipinski definition) is 3. The summed E-state index contributed by atoms with van der Waals surface area (Å²) >= 11 is 0. The molecular weight excluding hydrogens is 256 g/mol. The van der Waals surface area contributed by atoms with Gasteiger partial charge in [0.25, 0.3) is 0 Å². The molecule has 1 amide bonds. The van der Waals surface area contributed by atoms with Crippen molar-refractivity contribution in [1.82, 2.24) is 10.2 Å². The van der Waals surface area contributed by atoms with E-state index in [0.717, 1.165) is 32.1 Å². The first-order chi connectivity index (χ1) is 9.44. The summed E-state index contributed by atoms with van der Waals surface area (Å²) in [4.78, 5) is 12.4. The molecular formula is C15H28N2O3. The average Bonchev–Trinajstić information content (AvgIpc) is 2.36. The molecule has 0 unspecified atom stereocenters. The van der Waals surface area contributed by atoms with Crippen molar-refractivity contribution in [2.75, 3.05) is 19.7 Å². The molecule has 2 fully saturated rings. The molecule has 0 radical (unpaired) electrons. The molecule has 3 N–H and O–H groups in total. The molecule has 5 heteroatoms. The quantitative estimate of drug-likeness (QED) is 0.721. The van der Waals surface area contributed by atoms with Gasteiger partial charge in [0.05, 0.1) is 6.61 Å². The first-order valence-electron chi connectivity index (χ1n) is 7.79. The molecule has 1 saturated carbocycles. The van der Waals surface area contributed by atoms with E-state index in [9.17, 15) is 9.90 Å². The standard InChI is InChI=1S/C15H28N2O3/c1-11(2)7-12(10-18)16-13-8-15(9-13)3-5-17(6-4-15)14(19)20/h11-13,16,18H,3-10H2,1-2H3,(H,19,20)/t12-/m1/s1. The number of aliphatic hydroxyl groups excluding tert-OH is 1. The predicted octanol–water partition coefficient (Wildman–Crippen LogP) is 1.91. The minimum Gasteiger partial charge on any atom is -0.465 e. The summed E-state index contributed by atoms with van der Waals surface area (Å²) < 4.78 is 0. The van der Waals surface area contributed by atoms with E-state index < -0.39 is 6.09 Å². The van der Waals surface area contributed by atoms with Crippen LogP contribution in [0.3, 0.4) is 0 Å². The summed E-state index contributed by atoms with van der Waals surface area (Å²) in [6, 6.07) is 0.707. The van der Waals surface area contributed by atoms with Gasteiger partial charge in [0, 0.05) is 25.2 Å². The number of aliphatic hydroxyl groups is 1. The van der Waals surface area contributed by atoms with Crippen molar-refractivity contribution < 1.29 is 15.0 Å². The Morgan fingerprint density at radius 2 is 1.95 bits per heavy atom. The van der Waals surface area contributed by atoms with Crippen LogP contribution >= 0.6 is 0 Å². The highest BCUT2D eigenvalue weighted by atomic mass is 16.4. The van der Waals surface area contributed by atoms with Crippen LogP contribution in [-0.4, -0.2) is 53.0 Å². The van der Waals surface area contributed by atoms with Crippen molar-refractivity contribution in [2.24, 2.45) is 11.3 Å². The highest BCUT2D eigenvalue weighted by Crippen LogP contribution is 2.49. The maximum atomic E-state index is 10.9. The molecule has 1 heterocycles. The number of piperidine rings is 1. The van der Waals surface area contributed by atoms with Crippen LogP contribution in [0.2, 0.25) is 0 Å². The van der Waals surface area contributed by atoms with Crippen molar-refractivity contribution in [3.63, 3.8) is 0 Å². The number of hydrogen-bond donors (Lipinski definition) is 3. The number of rotatable bonds is 5. The van der Waals surface area contributed by atoms with E-state index in [2.05, 4.69) is 19.2 Å². The van der Waals surface area contributed by atoms with Crippen molar-refractivity contribution in [2.45, 2.75) is 58.0 Å². The van der Waals surface area contributed by atoms with Crippen LogP contribution in [0.1, 0.15) is 46.0 Å². The fraction of sp³-hybridized carbons (Fsp3) is 0.933. The zero-order valence-electron chi connectivity index (χ0n) is 12.6. The molecule has 2 rings (SSSR count). The number of carbonyl (C=O) groups is 1. The minimum atomic E-state index is -0.786. The Hall–Kier alpha value is -0.810. The second-order valence-corrected chi connectivity index (χ2v) is 7.05. The Bertz CT molecular complexity index is 330. The molecule has 5 nitrogen and oxygen atoms in total.